The summed E-state index contributed by atoms with van der Waals surface area (Å²) in [7, 11) is 0. The fourth-order valence-corrected chi connectivity index (χ4v) is 2.98. The number of carbonyl (C=O) groups excluding carboxylic acids is 2. The third-order valence-corrected chi connectivity index (χ3v) is 4.63. The number of carbonyl (C=O) groups is 2. The number of benzene rings is 2. The van der Waals surface area contributed by atoms with Crippen LogP contribution in [0.3, 0.4) is 0 Å². The first-order valence-electron chi connectivity index (χ1n) is 9.33. The molecule has 2 amide bonds. The molecule has 2 aromatic rings. The maximum Gasteiger partial charge on any atom is 0.242 e. The first kappa shape index (κ1) is 21.9. The maximum absolute atomic E-state index is 14.2. The van der Waals surface area contributed by atoms with E-state index in [1.807, 2.05) is 13.8 Å². The summed E-state index contributed by atoms with van der Waals surface area (Å²) in [6.45, 7) is 6.17. The molecule has 0 saturated carbocycles. The zero-order chi connectivity index (χ0) is 20.7. The van der Waals surface area contributed by atoms with Crippen molar-refractivity contribution in [3.63, 3.8) is 0 Å². The van der Waals surface area contributed by atoms with Gasteiger partial charge in [-0.3, -0.25) is 9.59 Å². The fraction of sp³-hybridized carbons (Fsp3) is 0.364. The van der Waals surface area contributed by atoms with Gasteiger partial charge in [-0.05, 0) is 36.6 Å². The van der Waals surface area contributed by atoms with Gasteiger partial charge in [-0.25, -0.2) is 4.39 Å². The predicted octanol–water partition coefficient (Wildman–Crippen LogP) is 4.21. The number of rotatable bonds is 8. The summed E-state index contributed by atoms with van der Waals surface area (Å²) in [5, 5.41) is 3.38. The molecule has 0 spiro atoms. The van der Waals surface area contributed by atoms with Crippen molar-refractivity contribution in [3.05, 3.63) is 70.5 Å². The van der Waals surface area contributed by atoms with Crippen LogP contribution in [0.2, 0.25) is 5.02 Å². The summed E-state index contributed by atoms with van der Waals surface area (Å²) in [6, 6.07) is 12.5. The zero-order valence-corrected chi connectivity index (χ0v) is 17.2. The SMILES string of the molecule is CC(C)CNC(=O)C(C)N(Cc1ccccc1F)C(=O)Cc1cccc(Cl)c1. The molecule has 0 bridgehead atoms. The van der Waals surface area contributed by atoms with Crippen molar-refractivity contribution in [3.8, 4) is 0 Å². The Bertz CT molecular complexity index is 826. The van der Waals surface area contributed by atoms with E-state index in [1.54, 1.807) is 49.4 Å². The average molecular weight is 405 g/mol. The van der Waals surface area contributed by atoms with Crippen molar-refractivity contribution >= 4 is 23.4 Å². The Morgan fingerprint density at radius 2 is 1.82 bits per heavy atom. The predicted molar refractivity (Wildman–Crippen MR) is 109 cm³/mol. The van der Waals surface area contributed by atoms with Gasteiger partial charge in [0.15, 0.2) is 0 Å². The molecule has 0 aromatic heterocycles. The van der Waals surface area contributed by atoms with E-state index in [2.05, 4.69) is 5.32 Å². The fourth-order valence-electron chi connectivity index (χ4n) is 2.77. The molecule has 1 unspecified atom stereocenters. The normalized spacial score (nSPS) is 11.9. The molecule has 6 heteroatoms. The number of hydrogen-bond donors (Lipinski definition) is 1. The van der Waals surface area contributed by atoms with Crippen LogP contribution < -0.4 is 5.32 Å². The Labute approximate surface area is 170 Å². The lowest BCUT2D eigenvalue weighted by molar-refractivity contribution is -0.140. The number of hydrogen-bond acceptors (Lipinski definition) is 2. The Morgan fingerprint density at radius 3 is 2.46 bits per heavy atom. The van der Waals surface area contributed by atoms with Gasteiger partial charge in [-0.2, -0.15) is 0 Å². The van der Waals surface area contributed by atoms with Crippen molar-refractivity contribution < 1.29 is 14.0 Å². The molecule has 0 aliphatic rings. The second-order valence-corrected chi connectivity index (χ2v) is 7.67. The lowest BCUT2D eigenvalue weighted by Crippen LogP contribution is -2.48. The third kappa shape index (κ3) is 6.34. The summed E-state index contributed by atoms with van der Waals surface area (Å²) in [5.74, 6) is -0.640. The molecular weight excluding hydrogens is 379 g/mol. The van der Waals surface area contributed by atoms with E-state index in [0.717, 1.165) is 5.56 Å². The molecule has 0 aliphatic carbocycles. The molecule has 0 fully saturated rings. The molecule has 0 aliphatic heterocycles. The van der Waals surface area contributed by atoms with Crippen LogP contribution in [0.1, 0.15) is 31.9 Å². The second kappa shape index (κ2) is 10.2. The standard InChI is InChI=1S/C22H26ClFN2O2/c1-15(2)13-25-22(28)16(3)26(14-18-8-4-5-10-20(18)24)21(27)12-17-7-6-9-19(23)11-17/h4-11,15-16H,12-14H2,1-3H3,(H,25,28). The highest BCUT2D eigenvalue weighted by molar-refractivity contribution is 6.30. The van der Waals surface area contributed by atoms with Gasteiger partial charge >= 0.3 is 0 Å². The quantitative estimate of drug-likeness (QED) is 0.716. The van der Waals surface area contributed by atoms with Crippen molar-refractivity contribution in [2.75, 3.05) is 6.54 Å². The van der Waals surface area contributed by atoms with Crippen molar-refractivity contribution in [2.45, 2.75) is 39.8 Å². The van der Waals surface area contributed by atoms with Crippen molar-refractivity contribution in [1.29, 1.82) is 0 Å². The third-order valence-electron chi connectivity index (χ3n) is 4.39. The number of halogens is 2. The van der Waals surface area contributed by atoms with E-state index < -0.39 is 11.9 Å². The van der Waals surface area contributed by atoms with E-state index in [9.17, 15) is 14.0 Å². The molecule has 150 valence electrons. The maximum atomic E-state index is 14.2. The zero-order valence-electron chi connectivity index (χ0n) is 16.4. The molecular formula is C22H26ClFN2O2. The molecule has 1 N–H and O–H groups in total. The minimum Gasteiger partial charge on any atom is -0.354 e. The van der Waals surface area contributed by atoms with Crippen LogP contribution in [0.4, 0.5) is 4.39 Å². The Morgan fingerprint density at radius 1 is 1.11 bits per heavy atom. The highest BCUT2D eigenvalue weighted by Crippen LogP contribution is 2.16. The van der Waals surface area contributed by atoms with Gasteiger partial charge in [0, 0.05) is 23.7 Å². The molecule has 0 heterocycles. The van der Waals surface area contributed by atoms with Gasteiger partial charge in [-0.15, -0.1) is 0 Å². The second-order valence-electron chi connectivity index (χ2n) is 7.23. The van der Waals surface area contributed by atoms with Crippen LogP contribution >= 0.6 is 11.6 Å². The summed E-state index contributed by atoms with van der Waals surface area (Å²) >= 11 is 6.00. The van der Waals surface area contributed by atoms with Crippen molar-refractivity contribution in [1.82, 2.24) is 10.2 Å². The van der Waals surface area contributed by atoms with E-state index in [4.69, 9.17) is 11.6 Å². The van der Waals surface area contributed by atoms with Gasteiger partial charge in [-0.1, -0.05) is 55.8 Å². The van der Waals surface area contributed by atoms with Gasteiger partial charge in [0.1, 0.15) is 11.9 Å². The Kier molecular flexibility index (Phi) is 8.00. The monoisotopic (exact) mass is 404 g/mol. The molecule has 2 aromatic carbocycles. The first-order valence-corrected chi connectivity index (χ1v) is 9.70. The summed E-state index contributed by atoms with van der Waals surface area (Å²) < 4.78 is 14.2. The summed E-state index contributed by atoms with van der Waals surface area (Å²) in [4.78, 5) is 27.0. The molecule has 1 atom stereocenters. The smallest absolute Gasteiger partial charge is 0.242 e. The van der Waals surface area contributed by atoms with E-state index in [1.165, 1.54) is 11.0 Å². The number of nitrogens with zero attached hydrogens (tertiary/aromatic N) is 1. The van der Waals surface area contributed by atoms with Gasteiger partial charge in [0.05, 0.1) is 6.42 Å². The van der Waals surface area contributed by atoms with Crippen LogP contribution in [-0.2, 0) is 22.6 Å². The highest BCUT2D eigenvalue weighted by atomic mass is 35.5. The first-order chi connectivity index (χ1) is 13.3. The van der Waals surface area contributed by atoms with Gasteiger partial charge < -0.3 is 10.2 Å². The molecule has 0 radical (unpaired) electrons. The Hall–Kier alpha value is -2.40. The minimum absolute atomic E-state index is 0.0162. The van der Waals surface area contributed by atoms with Crippen LogP contribution in [-0.4, -0.2) is 29.3 Å². The minimum atomic E-state index is -0.731. The molecule has 2 rings (SSSR count). The van der Waals surface area contributed by atoms with Gasteiger partial charge in [0.2, 0.25) is 11.8 Å². The van der Waals surface area contributed by atoms with Crippen LogP contribution in [0, 0.1) is 11.7 Å². The Balaban J connectivity index is 2.22. The average Bonchev–Trinajstić information content (AvgIpc) is 2.64. The summed E-state index contributed by atoms with van der Waals surface area (Å²) in [6.07, 6.45) is 0.0802. The molecule has 0 saturated heterocycles. The van der Waals surface area contributed by atoms with Crippen LogP contribution in [0.5, 0.6) is 0 Å². The van der Waals surface area contributed by atoms with Crippen LogP contribution in [0.15, 0.2) is 48.5 Å². The molecule has 4 nitrogen and oxygen atoms in total. The largest absolute Gasteiger partial charge is 0.354 e. The van der Waals surface area contributed by atoms with Gasteiger partial charge in [0.25, 0.3) is 0 Å². The van der Waals surface area contributed by atoms with E-state index in [0.29, 0.717) is 23.0 Å². The van der Waals surface area contributed by atoms with Crippen molar-refractivity contribution in [2.24, 2.45) is 5.92 Å². The van der Waals surface area contributed by atoms with Crippen LogP contribution in [0.25, 0.3) is 0 Å². The number of nitrogens with one attached hydrogen (secondary N) is 1. The molecule has 28 heavy (non-hydrogen) atoms. The highest BCUT2D eigenvalue weighted by Gasteiger charge is 2.27. The lowest BCUT2D eigenvalue weighted by atomic mass is 10.1. The number of amides is 2. The van der Waals surface area contributed by atoms with E-state index in [-0.39, 0.29) is 24.8 Å². The lowest BCUT2D eigenvalue weighted by Gasteiger charge is -2.29. The topological polar surface area (TPSA) is 49.4 Å². The summed E-state index contributed by atoms with van der Waals surface area (Å²) in [5.41, 5.74) is 1.11. The van der Waals surface area contributed by atoms with E-state index >= 15 is 0 Å².